The molecule has 0 amide bonds. The minimum Gasteiger partial charge on any atom is -1.00 e. The van der Waals surface area contributed by atoms with E-state index in [0.29, 0.717) is 40.4 Å². The molecule has 0 heterocycles. The van der Waals surface area contributed by atoms with Gasteiger partial charge in [0.05, 0.1) is 0 Å². The quantitative estimate of drug-likeness (QED) is 0.269. The first-order valence-corrected chi connectivity index (χ1v) is 21.6. The standard InChI is InChI=1S/C29H37.C17H23.C3H6.2ClH.Zr/c1-16-13-14-25-26-23-12-10-9-11-22(23)15-24(26)27-19(4)17(2)18(3)21(6)29(27,8)28(25,7)20(16)5;1-12-3-4-16(2,8-12)17-9-13-5-14(10-17)7-15(6-13)11-17;1-3-2;;;/h9-14,16-18,20-21H,15H2,1-8H3;4,8,13-15H,5-7,9-11H2,1-2H3;1-2H3;2*1H;/q2*-1;;;;+2/p-2. The molecule has 0 spiro atoms. The van der Waals surface area contributed by atoms with Crippen molar-refractivity contribution in [2.24, 2.45) is 69.0 Å². The summed E-state index contributed by atoms with van der Waals surface area (Å²) in [6, 6.07) is 9.18. The van der Waals surface area contributed by atoms with Crippen molar-refractivity contribution in [2.75, 3.05) is 0 Å². The first-order valence-electron chi connectivity index (χ1n) is 20.4. The molecule has 8 unspecified atom stereocenters. The molecule has 9 aliphatic rings. The van der Waals surface area contributed by atoms with Crippen LogP contribution in [0.25, 0.3) is 5.57 Å². The van der Waals surface area contributed by atoms with E-state index in [4.69, 9.17) is 0 Å². The Morgan fingerprint density at radius 2 is 1.40 bits per heavy atom. The Balaban J connectivity index is 0.000000193. The summed E-state index contributed by atoms with van der Waals surface area (Å²) >= 11 is 1.55. The van der Waals surface area contributed by atoms with Gasteiger partial charge in [0.1, 0.15) is 0 Å². The Kier molecular flexibility index (Phi) is 12.1. The van der Waals surface area contributed by atoms with E-state index in [1.165, 1.54) is 39.2 Å². The molecule has 52 heavy (non-hydrogen) atoms. The van der Waals surface area contributed by atoms with Crippen LogP contribution in [0.5, 0.6) is 0 Å². The molecule has 1 aromatic rings. The van der Waals surface area contributed by atoms with Gasteiger partial charge in [-0.3, -0.25) is 6.08 Å². The minimum absolute atomic E-state index is 0. The van der Waals surface area contributed by atoms with E-state index in [9.17, 15) is 0 Å². The van der Waals surface area contributed by atoms with Crippen molar-refractivity contribution < 1.29 is 49.0 Å². The molecule has 0 aromatic heterocycles. The molecule has 4 bridgehead atoms. The molecule has 0 nitrogen and oxygen atoms in total. The van der Waals surface area contributed by atoms with Gasteiger partial charge < -0.3 is 24.8 Å². The van der Waals surface area contributed by atoms with Crippen LogP contribution in [0.2, 0.25) is 0 Å². The minimum atomic E-state index is 0. The number of benzene rings is 1. The largest absolute Gasteiger partial charge is 1.00 e. The number of hydrogen-bond acceptors (Lipinski definition) is 0. The predicted octanol–water partition coefficient (Wildman–Crippen LogP) is 6.96. The molecule has 5 saturated carbocycles. The number of fused-ring (bicyclic) bond motifs is 6. The summed E-state index contributed by atoms with van der Waals surface area (Å²) in [5.41, 5.74) is 12.2. The topological polar surface area (TPSA) is 0 Å². The summed E-state index contributed by atoms with van der Waals surface area (Å²) in [5, 5.41) is 0. The maximum Gasteiger partial charge on any atom is -1.00 e. The summed E-state index contributed by atoms with van der Waals surface area (Å²) in [7, 11) is 0. The third-order valence-electron chi connectivity index (χ3n) is 16.8. The zero-order valence-corrected chi connectivity index (χ0v) is 38.4. The summed E-state index contributed by atoms with van der Waals surface area (Å²) < 4.78 is 1.51. The van der Waals surface area contributed by atoms with E-state index < -0.39 is 0 Å². The van der Waals surface area contributed by atoms with E-state index in [2.05, 4.69) is 138 Å². The van der Waals surface area contributed by atoms with Crippen LogP contribution in [0.4, 0.5) is 0 Å². The number of rotatable bonds is 1. The van der Waals surface area contributed by atoms with E-state index >= 15 is 0 Å². The molecule has 0 saturated heterocycles. The van der Waals surface area contributed by atoms with Crippen molar-refractivity contribution in [3.05, 3.63) is 94.0 Å². The maximum atomic E-state index is 3.47. The Labute approximate surface area is 346 Å². The van der Waals surface area contributed by atoms with Crippen molar-refractivity contribution >= 4 is 8.78 Å². The third-order valence-corrected chi connectivity index (χ3v) is 16.8. The van der Waals surface area contributed by atoms with Gasteiger partial charge in [0.25, 0.3) is 0 Å². The summed E-state index contributed by atoms with van der Waals surface area (Å²) in [4.78, 5) is 0. The van der Waals surface area contributed by atoms with Crippen LogP contribution in [-0.2, 0) is 30.7 Å². The fraction of sp³-hybridized carbons (Fsp3) is 0.633. The molecule has 8 atom stereocenters. The van der Waals surface area contributed by atoms with E-state index in [0.717, 1.165) is 24.2 Å². The van der Waals surface area contributed by atoms with Gasteiger partial charge in [-0.25, -0.2) is 17.6 Å². The molecular formula is C49H66Cl2Zr-2. The number of halogens is 2. The second-order valence-electron chi connectivity index (χ2n) is 19.6. The van der Waals surface area contributed by atoms with E-state index in [-0.39, 0.29) is 35.6 Å². The summed E-state index contributed by atoms with van der Waals surface area (Å²) in [6.45, 7) is 29.1. The molecule has 9 aliphatic carbocycles. The SMILES string of the molecule is CC1=CC(C)(C23CC4CC(CC(C4)C2)C3)C=[C-]1.C[C-]1C2=C3Cc4ccccc4C3=C3C=CC(C)C(C)C3(C)C2(C)C(C)C(C)C1C.C[C](C)=[Zr+2].[Cl-].[Cl-]. The average molecular weight is 817 g/mol. The van der Waals surface area contributed by atoms with Crippen molar-refractivity contribution in [2.45, 2.75) is 128 Å². The fourth-order valence-corrected chi connectivity index (χ4v) is 13.7. The van der Waals surface area contributed by atoms with Gasteiger partial charge in [0.2, 0.25) is 0 Å². The van der Waals surface area contributed by atoms with Crippen molar-refractivity contribution in [3.63, 3.8) is 0 Å². The van der Waals surface area contributed by atoms with Gasteiger partial charge in [-0.05, 0) is 96.3 Å². The molecule has 0 aliphatic heterocycles. The number of hydrogen-bond donors (Lipinski definition) is 0. The van der Waals surface area contributed by atoms with Crippen molar-refractivity contribution in [3.8, 4) is 0 Å². The molecule has 1 aromatic carbocycles. The Bertz CT molecular complexity index is 1680. The van der Waals surface area contributed by atoms with Crippen LogP contribution < -0.4 is 24.8 Å². The van der Waals surface area contributed by atoms with Crippen LogP contribution in [0.3, 0.4) is 0 Å². The zero-order valence-electron chi connectivity index (χ0n) is 34.4. The maximum absolute atomic E-state index is 3.47. The monoisotopic (exact) mass is 814 g/mol. The molecule has 3 heteroatoms. The molecule has 282 valence electrons. The molecule has 10 rings (SSSR count). The van der Waals surface area contributed by atoms with Gasteiger partial charge >= 0.3 is 41.3 Å². The number of allylic oxidation sites excluding steroid dienone is 10. The van der Waals surface area contributed by atoms with Crippen LogP contribution in [0.1, 0.15) is 133 Å². The van der Waals surface area contributed by atoms with Gasteiger partial charge in [-0.1, -0.05) is 133 Å². The molecule has 0 radical (unpaired) electrons. The van der Waals surface area contributed by atoms with Gasteiger partial charge in [-0.2, -0.15) is 17.2 Å². The second-order valence-corrected chi connectivity index (χ2v) is 22.1. The van der Waals surface area contributed by atoms with Crippen molar-refractivity contribution in [1.82, 2.24) is 0 Å². The smallest absolute Gasteiger partial charge is 1.00 e. The van der Waals surface area contributed by atoms with E-state index in [1.54, 1.807) is 71.7 Å². The van der Waals surface area contributed by atoms with Crippen LogP contribution in [0.15, 0.2) is 70.9 Å². The van der Waals surface area contributed by atoms with Crippen LogP contribution in [0, 0.1) is 81.0 Å². The van der Waals surface area contributed by atoms with Gasteiger partial charge in [0.15, 0.2) is 0 Å². The Morgan fingerprint density at radius 1 is 0.846 bits per heavy atom. The van der Waals surface area contributed by atoms with E-state index in [1.807, 2.05) is 0 Å². The third kappa shape index (κ3) is 6.23. The van der Waals surface area contributed by atoms with Crippen LogP contribution >= 0.6 is 0 Å². The predicted molar refractivity (Wildman–Crippen MR) is 211 cm³/mol. The molecule has 5 fully saturated rings. The molecular weight excluding hydrogens is 751 g/mol. The van der Waals surface area contributed by atoms with Gasteiger partial charge in [-0.15, -0.1) is 6.92 Å². The first-order chi connectivity index (χ1) is 23.5. The summed E-state index contributed by atoms with van der Waals surface area (Å²) in [5.74, 6) is 8.09. The Hall–Kier alpha value is -0.877. The normalized spacial score (nSPS) is 42.7. The first kappa shape index (κ1) is 42.3. The van der Waals surface area contributed by atoms with Crippen molar-refractivity contribution in [1.29, 1.82) is 0 Å². The zero-order chi connectivity index (χ0) is 36.1. The summed E-state index contributed by atoms with van der Waals surface area (Å²) in [6.07, 6.45) is 23.6. The second kappa shape index (κ2) is 14.9. The average Bonchev–Trinajstić information content (AvgIpc) is 3.61. The van der Waals surface area contributed by atoms with Gasteiger partial charge in [0, 0.05) is 5.41 Å². The molecule has 0 N–H and O–H groups in total. The Morgan fingerprint density at radius 3 is 1.94 bits per heavy atom. The van der Waals surface area contributed by atoms with Crippen LogP contribution in [-0.4, -0.2) is 3.21 Å². The fourth-order valence-electron chi connectivity index (χ4n) is 13.7.